The van der Waals surface area contributed by atoms with Crippen LogP contribution < -0.4 is 0 Å². The molecule has 1 aromatic rings. The Morgan fingerprint density at radius 2 is 2.21 bits per heavy atom. The zero-order valence-electron chi connectivity index (χ0n) is 7.09. The van der Waals surface area contributed by atoms with E-state index in [4.69, 9.17) is 16.3 Å². The van der Waals surface area contributed by atoms with E-state index in [1.54, 1.807) is 24.3 Å². The lowest BCUT2D eigenvalue weighted by Gasteiger charge is -2.01. The van der Waals surface area contributed by atoms with Gasteiger partial charge < -0.3 is 4.74 Å². The van der Waals surface area contributed by atoms with Gasteiger partial charge in [0.25, 0.3) is 0 Å². The van der Waals surface area contributed by atoms with Crippen molar-refractivity contribution in [3.8, 4) is 9.85 Å². The maximum Gasteiger partial charge on any atom is 0.340 e. The van der Waals surface area contributed by atoms with Gasteiger partial charge in [-0.05, 0) is 16.1 Å². The zero-order valence-corrected chi connectivity index (χ0v) is 10.0. The molecular weight excluding hydrogens is 314 g/mol. The Balaban J connectivity index is 2.68. The van der Waals surface area contributed by atoms with E-state index in [1.807, 2.05) is 22.6 Å². The molecule has 0 aromatic heterocycles. The molecule has 0 aliphatic rings. The maximum atomic E-state index is 11.4. The van der Waals surface area contributed by atoms with Crippen molar-refractivity contribution in [2.24, 2.45) is 0 Å². The second-order valence-electron chi connectivity index (χ2n) is 2.33. The minimum atomic E-state index is -0.449. The van der Waals surface area contributed by atoms with E-state index in [-0.39, 0.29) is 6.61 Å². The molecule has 0 bridgehead atoms. The summed E-state index contributed by atoms with van der Waals surface area (Å²) in [4.78, 5) is 11.4. The lowest BCUT2D eigenvalue weighted by atomic mass is 10.2. The van der Waals surface area contributed by atoms with E-state index in [0.29, 0.717) is 10.6 Å². The second kappa shape index (κ2) is 5.89. The number of ether oxygens (including phenoxy) is 1. The predicted molar refractivity (Wildman–Crippen MR) is 63.5 cm³/mol. The van der Waals surface area contributed by atoms with Crippen LogP contribution in [0, 0.1) is 9.85 Å². The molecule has 2 nitrogen and oxygen atoms in total. The van der Waals surface area contributed by atoms with Gasteiger partial charge >= 0.3 is 5.97 Å². The molecule has 0 saturated heterocycles. The average Bonchev–Trinajstić information content (AvgIpc) is 2.18. The molecule has 14 heavy (non-hydrogen) atoms. The van der Waals surface area contributed by atoms with E-state index in [1.165, 1.54) is 0 Å². The van der Waals surface area contributed by atoms with Gasteiger partial charge in [-0.25, -0.2) is 4.79 Å². The van der Waals surface area contributed by atoms with E-state index in [2.05, 4.69) is 9.85 Å². The lowest BCUT2D eigenvalue weighted by Crippen LogP contribution is -2.05. The monoisotopic (exact) mass is 320 g/mol. The molecule has 0 N–H and O–H groups in total. The van der Waals surface area contributed by atoms with Crippen LogP contribution in [0.25, 0.3) is 0 Å². The molecule has 1 rings (SSSR count). The molecule has 72 valence electrons. The van der Waals surface area contributed by atoms with Gasteiger partial charge in [0.05, 0.1) is 10.6 Å². The first kappa shape index (κ1) is 11.3. The zero-order chi connectivity index (χ0) is 10.4. The third kappa shape index (κ3) is 3.20. The smallest absolute Gasteiger partial charge is 0.340 e. The van der Waals surface area contributed by atoms with Crippen molar-refractivity contribution in [2.45, 2.75) is 0 Å². The van der Waals surface area contributed by atoms with Crippen molar-refractivity contribution >= 4 is 40.2 Å². The third-order valence-electron chi connectivity index (χ3n) is 1.44. The highest BCUT2D eigenvalue weighted by atomic mass is 127. The van der Waals surface area contributed by atoms with Crippen molar-refractivity contribution in [1.29, 1.82) is 0 Å². The summed E-state index contributed by atoms with van der Waals surface area (Å²) in [5.41, 5.74) is 0.365. The van der Waals surface area contributed by atoms with Gasteiger partial charge in [-0.2, -0.15) is 0 Å². The number of halogens is 2. The largest absolute Gasteiger partial charge is 0.449 e. The molecule has 0 atom stereocenters. The van der Waals surface area contributed by atoms with Gasteiger partial charge in [0.2, 0.25) is 0 Å². The Kier molecular flexibility index (Phi) is 4.77. The molecular formula is C10H6ClIO2. The average molecular weight is 321 g/mol. The first-order chi connectivity index (χ1) is 6.75. The summed E-state index contributed by atoms with van der Waals surface area (Å²) in [6.07, 6.45) is 0. The second-order valence-corrected chi connectivity index (χ2v) is 3.27. The van der Waals surface area contributed by atoms with Gasteiger partial charge in [-0.1, -0.05) is 29.7 Å². The van der Waals surface area contributed by atoms with Crippen LogP contribution in [0.1, 0.15) is 10.4 Å². The predicted octanol–water partition coefficient (Wildman–Crippen LogP) is 2.89. The minimum absolute atomic E-state index is 0.0903. The highest BCUT2D eigenvalue weighted by Crippen LogP contribution is 2.15. The number of carbonyl (C=O) groups excluding carboxylic acids is 1. The van der Waals surface area contributed by atoms with Crippen LogP contribution in [0.4, 0.5) is 0 Å². The van der Waals surface area contributed by atoms with Crippen LogP contribution in [-0.2, 0) is 4.74 Å². The summed E-state index contributed by atoms with van der Waals surface area (Å²) in [5, 5.41) is 0.389. The van der Waals surface area contributed by atoms with Gasteiger partial charge in [0, 0.05) is 22.6 Å². The van der Waals surface area contributed by atoms with Crippen molar-refractivity contribution in [2.75, 3.05) is 6.61 Å². The molecule has 0 radical (unpaired) electrons. The normalized spacial score (nSPS) is 8.71. The van der Waals surface area contributed by atoms with Gasteiger partial charge in [-0.15, -0.1) is 0 Å². The van der Waals surface area contributed by atoms with Gasteiger partial charge in [-0.3, -0.25) is 0 Å². The molecule has 0 amide bonds. The highest BCUT2D eigenvalue weighted by molar-refractivity contribution is 14.1. The fraction of sp³-hybridized carbons (Fsp3) is 0.100. The lowest BCUT2D eigenvalue weighted by molar-refractivity contribution is 0.0557. The van der Waals surface area contributed by atoms with Crippen LogP contribution in [0.2, 0.25) is 5.02 Å². The number of carbonyl (C=O) groups is 1. The van der Waals surface area contributed by atoms with Crippen LogP contribution in [0.15, 0.2) is 24.3 Å². The Morgan fingerprint density at radius 1 is 1.50 bits per heavy atom. The highest BCUT2D eigenvalue weighted by Gasteiger charge is 2.09. The summed E-state index contributed by atoms with van der Waals surface area (Å²) in [5.74, 6) is 2.17. The fourth-order valence-corrected chi connectivity index (χ4v) is 1.20. The molecule has 4 heteroatoms. The number of hydrogen-bond donors (Lipinski definition) is 0. The molecule has 0 heterocycles. The quantitative estimate of drug-likeness (QED) is 0.476. The topological polar surface area (TPSA) is 26.3 Å². The van der Waals surface area contributed by atoms with Crippen LogP contribution in [0.5, 0.6) is 0 Å². The number of hydrogen-bond acceptors (Lipinski definition) is 2. The van der Waals surface area contributed by atoms with Gasteiger partial charge in [0.15, 0.2) is 6.61 Å². The summed E-state index contributed by atoms with van der Waals surface area (Å²) < 4.78 is 7.45. The Labute approximate surface area is 101 Å². The first-order valence-electron chi connectivity index (χ1n) is 3.76. The molecule has 0 spiro atoms. The third-order valence-corrected chi connectivity index (χ3v) is 2.15. The molecule has 0 aliphatic heterocycles. The van der Waals surface area contributed by atoms with Crippen LogP contribution >= 0.6 is 34.2 Å². The minimum Gasteiger partial charge on any atom is -0.449 e. The Bertz CT molecular complexity index is 393. The standard InChI is InChI=1S/C10H6ClIO2/c11-9-5-2-1-4-8(9)10(13)14-7-3-6-12/h1-2,4-5H,7H2. The SMILES string of the molecule is O=C(OCC#CI)c1ccccc1Cl. The van der Waals surface area contributed by atoms with E-state index < -0.39 is 5.97 Å². The number of esters is 1. The molecule has 0 fully saturated rings. The maximum absolute atomic E-state index is 11.4. The summed E-state index contributed by atoms with van der Waals surface area (Å²) in [6, 6.07) is 6.74. The van der Waals surface area contributed by atoms with Gasteiger partial charge in [0.1, 0.15) is 0 Å². The van der Waals surface area contributed by atoms with E-state index in [0.717, 1.165) is 0 Å². The van der Waals surface area contributed by atoms with Crippen LogP contribution in [-0.4, -0.2) is 12.6 Å². The van der Waals surface area contributed by atoms with Crippen LogP contribution in [0.3, 0.4) is 0 Å². The van der Waals surface area contributed by atoms with E-state index >= 15 is 0 Å². The Hall–Kier alpha value is -0.730. The summed E-state index contributed by atoms with van der Waals surface area (Å²) >= 11 is 7.67. The molecule has 1 aromatic carbocycles. The fourth-order valence-electron chi connectivity index (χ4n) is 0.833. The van der Waals surface area contributed by atoms with E-state index in [9.17, 15) is 4.79 Å². The van der Waals surface area contributed by atoms with Crippen molar-refractivity contribution in [3.05, 3.63) is 34.9 Å². The molecule has 0 saturated carbocycles. The van der Waals surface area contributed by atoms with Crippen molar-refractivity contribution < 1.29 is 9.53 Å². The number of rotatable bonds is 2. The van der Waals surface area contributed by atoms with Crippen molar-refractivity contribution in [1.82, 2.24) is 0 Å². The molecule has 0 aliphatic carbocycles. The Morgan fingerprint density at radius 3 is 2.86 bits per heavy atom. The first-order valence-corrected chi connectivity index (χ1v) is 5.21. The summed E-state index contributed by atoms with van der Waals surface area (Å²) in [6.45, 7) is 0.0903. The molecule has 0 unspecified atom stereocenters. The number of benzene rings is 1. The van der Waals surface area contributed by atoms with Crippen molar-refractivity contribution in [3.63, 3.8) is 0 Å². The summed E-state index contributed by atoms with van der Waals surface area (Å²) in [7, 11) is 0.